The Balaban J connectivity index is 0.000000149. The summed E-state index contributed by atoms with van der Waals surface area (Å²) in [5.41, 5.74) is 14.5. The number of nitrogens with two attached hydrogens (primary N) is 2. The van der Waals surface area contributed by atoms with Crippen molar-refractivity contribution in [2.45, 2.75) is 51.0 Å². The second-order valence-electron chi connectivity index (χ2n) is 9.19. The minimum absolute atomic E-state index is 0.0238. The van der Waals surface area contributed by atoms with Gasteiger partial charge in [0.05, 0.1) is 27.1 Å². The van der Waals surface area contributed by atoms with Crippen LogP contribution in [-0.2, 0) is 9.47 Å². The van der Waals surface area contributed by atoms with Gasteiger partial charge >= 0.3 is 0 Å². The Bertz CT molecular complexity index is 1310. The number of aromatic nitrogens is 4. The van der Waals surface area contributed by atoms with Gasteiger partial charge < -0.3 is 20.9 Å². The summed E-state index contributed by atoms with van der Waals surface area (Å²) >= 11 is 14.9. The predicted octanol–water partition coefficient (Wildman–Crippen LogP) is 7.75. The Kier molecular flexibility index (Phi) is 11.1. The zero-order valence-corrected chi connectivity index (χ0v) is 24.7. The van der Waals surface area contributed by atoms with Crippen molar-refractivity contribution in [1.82, 2.24) is 19.6 Å². The van der Waals surface area contributed by atoms with Gasteiger partial charge in [0.1, 0.15) is 6.23 Å². The first-order valence-corrected chi connectivity index (χ1v) is 14.5. The molecule has 4 heterocycles. The molecule has 2 unspecified atom stereocenters. The Labute approximate surface area is 247 Å². The van der Waals surface area contributed by atoms with Gasteiger partial charge in [0.15, 0.2) is 6.23 Å². The van der Waals surface area contributed by atoms with Crippen molar-refractivity contribution >= 4 is 50.5 Å². The van der Waals surface area contributed by atoms with Crippen molar-refractivity contribution in [1.29, 1.82) is 0 Å². The lowest BCUT2D eigenvalue weighted by molar-refractivity contribution is -0.0394. The molecule has 0 saturated carbocycles. The number of rotatable bonds is 3. The van der Waals surface area contributed by atoms with E-state index in [0.717, 1.165) is 48.2 Å². The van der Waals surface area contributed by atoms with Gasteiger partial charge in [0.2, 0.25) is 0 Å². The van der Waals surface area contributed by atoms with E-state index in [2.05, 4.69) is 26.1 Å². The van der Waals surface area contributed by atoms with Crippen molar-refractivity contribution in [2.24, 2.45) is 0 Å². The number of halogens is 3. The van der Waals surface area contributed by atoms with Crippen LogP contribution in [0.1, 0.15) is 51.0 Å². The van der Waals surface area contributed by atoms with E-state index >= 15 is 0 Å². The van der Waals surface area contributed by atoms with Crippen LogP contribution in [0.2, 0.25) is 10.0 Å². The molecule has 2 fully saturated rings. The molecular weight excluding hydrogens is 603 g/mol. The summed E-state index contributed by atoms with van der Waals surface area (Å²) in [7, 11) is 0. The fraction of sp³-hybridized carbons (Fsp3) is 0.357. The quantitative estimate of drug-likeness (QED) is 0.223. The molecule has 11 heteroatoms. The second-order valence-corrected chi connectivity index (χ2v) is 10.9. The van der Waals surface area contributed by atoms with Gasteiger partial charge in [-0.2, -0.15) is 10.2 Å². The van der Waals surface area contributed by atoms with Crippen LogP contribution < -0.4 is 11.5 Å². The Morgan fingerprint density at radius 2 is 1.46 bits per heavy atom. The molecule has 0 aliphatic carbocycles. The van der Waals surface area contributed by atoms with Crippen molar-refractivity contribution in [3.8, 4) is 11.3 Å². The zero-order valence-electron chi connectivity index (χ0n) is 21.6. The van der Waals surface area contributed by atoms with Crippen LogP contribution >= 0.6 is 39.1 Å². The smallest absolute Gasteiger partial charge is 0.150 e. The molecule has 2 aromatic heterocycles. The summed E-state index contributed by atoms with van der Waals surface area (Å²) in [6, 6.07) is 14.9. The highest BCUT2D eigenvalue weighted by Gasteiger charge is 2.19. The molecule has 2 aliphatic rings. The number of nitrogens with zero attached hydrogens (tertiary/aromatic N) is 4. The van der Waals surface area contributed by atoms with Gasteiger partial charge in [-0.1, -0.05) is 45.2 Å². The maximum atomic E-state index is 5.96. The molecule has 2 atom stereocenters. The summed E-state index contributed by atoms with van der Waals surface area (Å²) < 4.78 is 16.1. The minimum Gasteiger partial charge on any atom is -0.398 e. The normalized spacial score (nSPS) is 18.8. The molecule has 0 radical (unpaired) electrons. The molecule has 2 aliphatic heterocycles. The highest BCUT2D eigenvalue weighted by Crippen LogP contribution is 2.31. The van der Waals surface area contributed by atoms with Crippen LogP contribution in [0.25, 0.3) is 11.3 Å². The molecule has 8 nitrogen and oxygen atoms in total. The molecule has 6 rings (SSSR count). The van der Waals surface area contributed by atoms with Crippen LogP contribution in [0, 0.1) is 0 Å². The van der Waals surface area contributed by atoms with Gasteiger partial charge in [-0.25, -0.2) is 9.36 Å². The van der Waals surface area contributed by atoms with E-state index in [9.17, 15) is 0 Å². The van der Waals surface area contributed by atoms with Crippen molar-refractivity contribution in [3.05, 3.63) is 81.6 Å². The predicted molar refractivity (Wildman–Crippen MR) is 161 cm³/mol. The van der Waals surface area contributed by atoms with Crippen LogP contribution in [0.15, 0.2) is 71.6 Å². The summed E-state index contributed by atoms with van der Waals surface area (Å²) in [5.74, 6) is 0. The first-order valence-electron chi connectivity index (χ1n) is 12.9. The number of ether oxygens (including phenoxy) is 2. The summed E-state index contributed by atoms with van der Waals surface area (Å²) in [6.45, 7) is 1.68. The Hall–Kier alpha value is -2.56. The van der Waals surface area contributed by atoms with E-state index in [1.807, 2.05) is 52.0 Å². The third-order valence-electron chi connectivity index (χ3n) is 6.32. The Morgan fingerprint density at radius 3 is 2.03 bits per heavy atom. The molecule has 208 valence electrons. The highest BCUT2D eigenvalue weighted by molar-refractivity contribution is 9.10. The van der Waals surface area contributed by atoms with Gasteiger partial charge in [-0.05, 0) is 81.0 Å². The number of nitrogen functional groups attached to an aromatic ring is 2. The topological polar surface area (TPSA) is 106 Å². The van der Waals surface area contributed by atoms with Crippen molar-refractivity contribution < 1.29 is 9.47 Å². The van der Waals surface area contributed by atoms with E-state index in [4.69, 9.17) is 44.1 Å². The first kappa shape index (κ1) is 29.4. The maximum absolute atomic E-state index is 5.96. The second kappa shape index (κ2) is 14.7. The number of benzene rings is 2. The first-order chi connectivity index (χ1) is 18.9. The average Bonchev–Trinajstić information content (AvgIpc) is 3.68. The third kappa shape index (κ3) is 8.46. The van der Waals surface area contributed by atoms with E-state index in [1.165, 1.54) is 19.3 Å². The highest BCUT2D eigenvalue weighted by atomic mass is 79.9. The van der Waals surface area contributed by atoms with Crippen molar-refractivity contribution in [3.63, 3.8) is 0 Å². The van der Waals surface area contributed by atoms with Crippen LogP contribution in [-0.4, -0.2) is 32.8 Å². The largest absolute Gasteiger partial charge is 0.398 e. The fourth-order valence-corrected chi connectivity index (χ4v) is 4.90. The SMILES string of the molecule is Nc1cc(-c2ccnn2C2CCCCO2)ccc1Cl.Nc1cc(Br)ccc1Cl.c1cnn(C2CCCCO2)c1. The standard InChI is InChI=1S/C14H16ClN3O.C8H12N2O.C6H5BrClN/c15-11-5-4-10(9-12(11)16)13-6-7-17-18(13)14-3-1-2-8-19-14;1-2-7-11-8(4-1)10-6-3-5-9-10;7-4-1-2-5(8)6(9)3-4/h4-7,9,14H,1-3,8,16H2;3,5-6,8H,1-2,4,7H2;1-3H,9H2. The summed E-state index contributed by atoms with van der Waals surface area (Å²) in [4.78, 5) is 0. The fourth-order valence-electron chi connectivity index (χ4n) is 4.29. The van der Waals surface area contributed by atoms with Crippen LogP contribution in [0.5, 0.6) is 0 Å². The van der Waals surface area contributed by atoms with E-state index in [0.29, 0.717) is 21.4 Å². The molecule has 2 aromatic carbocycles. The molecule has 4 aromatic rings. The number of hydrogen-bond acceptors (Lipinski definition) is 6. The maximum Gasteiger partial charge on any atom is 0.150 e. The zero-order chi connectivity index (χ0) is 27.6. The lowest BCUT2D eigenvalue weighted by Gasteiger charge is -2.24. The van der Waals surface area contributed by atoms with Crippen LogP contribution in [0.4, 0.5) is 11.4 Å². The van der Waals surface area contributed by atoms with Gasteiger partial charge in [0.25, 0.3) is 0 Å². The van der Waals surface area contributed by atoms with E-state index < -0.39 is 0 Å². The van der Waals surface area contributed by atoms with Gasteiger partial charge in [0, 0.05) is 41.8 Å². The van der Waals surface area contributed by atoms with Crippen molar-refractivity contribution in [2.75, 3.05) is 24.7 Å². The molecule has 39 heavy (non-hydrogen) atoms. The molecule has 0 bridgehead atoms. The van der Waals surface area contributed by atoms with Gasteiger partial charge in [-0.15, -0.1) is 0 Å². The summed E-state index contributed by atoms with van der Waals surface area (Å²) in [5, 5.41) is 9.69. The van der Waals surface area contributed by atoms with E-state index in [1.54, 1.807) is 24.5 Å². The Morgan fingerprint density at radius 1 is 0.795 bits per heavy atom. The lowest BCUT2D eigenvalue weighted by atomic mass is 10.1. The molecular formula is C28H33BrCl2N6O2. The molecule has 0 spiro atoms. The minimum atomic E-state index is 0.0238. The summed E-state index contributed by atoms with van der Waals surface area (Å²) in [6.07, 6.45) is 12.6. The molecule has 4 N–H and O–H groups in total. The number of anilines is 2. The monoisotopic (exact) mass is 634 g/mol. The molecule has 0 amide bonds. The number of hydrogen-bond donors (Lipinski definition) is 2. The van der Waals surface area contributed by atoms with Crippen LogP contribution in [0.3, 0.4) is 0 Å². The lowest BCUT2D eigenvalue weighted by Crippen LogP contribution is -2.19. The third-order valence-corrected chi connectivity index (χ3v) is 7.51. The van der Waals surface area contributed by atoms with E-state index in [-0.39, 0.29) is 12.5 Å². The molecule has 2 saturated heterocycles. The average molecular weight is 636 g/mol. The van der Waals surface area contributed by atoms with Gasteiger partial charge in [-0.3, -0.25) is 0 Å².